The summed E-state index contributed by atoms with van der Waals surface area (Å²) in [5.41, 5.74) is 5.55. The summed E-state index contributed by atoms with van der Waals surface area (Å²) in [6.45, 7) is 6.09. The number of carbonyl (C=O) groups excluding carboxylic acids is 1. The fourth-order valence-electron chi connectivity index (χ4n) is 2.08. The summed E-state index contributed by atoms with van der Waals surface area (Å²) in [5, 5.41) is 0. The van der Waals surface area contributed by atoms with Crippen LogP contribution in [0.25, 0.3) is 0 Å². The Kier molecular flexibility index (Phi) is 5.68. The molecule has 0 aromatic carbocycles. The summed E-state index contributed by atoms with van der Waals surface area (Å²) in [5.74, 6) is 0. The second-order valence-corrected chi connectivity index (χ2v) is 5.40. The van der Waals surface area contributed by atoms with Crippen LogP contribution in [-0.4, -0.2) is 46.5 Å². The summed E-state index contributed by atoms with van der Waals surface area (Å²) in [4.78, 5) is 16.4. The first-order chi connectivity index (χ1) is 8.02. The van der Waals surface area contributed by atoms with Crippen molar-refractivity contribution in [3.05, 3.63) is 0 Å². The predicted molar refractivity (Wildman–Crippen MR) is 74.1 cm³/mol. The fourth-order valence-corrected chi connectivity index (χ4v) is 2.22. The number of amides is 2. The van der Waals surface area contributed by atoms with Gasteiger partial charge in [-0.1, -0.05) is 25.1 Å². The third kappa shape index (κ3) is 4.50. The first-order valence-electron chi connectivity index (χ1n) is 6.36. The molecule has 98 valence electrons. The lowest BCUT2D eigenvalue weighted by atomic mass is 10.2. The molecule has 2 amide bonds. The van der Waals surface area contributed by atoms with Gasteiger partial charge in [0.1, 0.15) is 0 Å². The number of nitrogens with two attached hydrogens (primary N) is 1. The minimum absolute atomic E-state index is 0.0784. The first kappa shape index (κ1) is 14.2. The van der Waals surface area contributed by atoms with Crippen molar-refractivity contribution in [3.63, 3.8) is 0 Å². The summed E-state index contributed by atoms with van der Waals surface area (Å²) in [6, 6.07) is 0.210. The van der Waals surface area contributed by atoms with Crippen LogP contribution in [0, 0.1) is 0 Å². The Morgan fingerprint density at radius 3 is 2.24 bits per heavy atom. The van der Waals surface area contributed by atoms with E-state index < -0.39 is 0 Å². The van der Waals surface area contributed by atoms with Gasteiger partial charge in [0, 0.05) is 19.1 Å². The standard InChI is InChI=1S/C12H23N3OS/c1-10(2)15(9-11(13)17)12(16)14-7-5-3-4-6-8-14/h10H,3-9H2,1-2H3,(H2,13,17). The molecule has 5 heteroatoms. The molecule has 1 aliphatic rings. The molecular weight excluding hydrogens is 234 g/mol. The van der Waals surface area contributed by atoms with E-state index in [1.54, 1.807) is 4.90 Å². The number of carbonyl (C=O) groups is 1. The molecule has 4 nitrogen and oxygen atoms in total. The highest BCUT2D eigenvalue weighted by molar-refractivity contribution is 7.80. The SMILES string of the molecule is CC(C)N(CC(N)=S)C(=O)N1CCCCCC1. The van der Waals surface area contributed by atoms with Crippen LogP contribution in [0.3, 0.4) is 0 Å². The highest BCUT2D eigenvalue weighted by atomic mass is 32.1. The summed E-state index contributed by atoms with van der Waals surface area (Å²) >= 11 is 4.90. The molecule has 0 saturated carbocycles. The molecule has 0 bridgehead atoms. The van der Waals surface area contributed by atoms with Crippen LogP contribution in [-0.2, 0) is 0 Å². The van der Waals surface area contributed by atoms with Crippen LogP contribution in [0.15, 0.2) is 0 Å². The summed E-state index contributed by atoms with van der Waals surface area (Å²) in [7, 11) is 0. The van der Waals surface area contributed by atoms with Gasteiger partial charge >= 0.3 is 6.03 Å². The quantitative estimate of drug-likeness (QED) is 0.787. The normalized spacial score (nSPS) is 16.8. The zero-order chi connectivity index (χ0) is 12.8. The third-order valence-electron chi connectivity index (χ3n) is 3.07. The maximum absolute atomic E-state index is 12.4. The number of urea groups is 1. The van der Waals surface area contributed by atoms with Gasteiger partial charge in [0.2, 0.25) is 0 Å². The topological polar surface area (TPSA) is 49.6 Å². The van der Waals surface area contributed by atoms with Crippen LogP contribution in [0.1, 0.15) is 39.5 Å². The molecular formula is C12H23N3OS. The van der Waals surface area contributed by atoms with E-state index in [4.69, 9.17) is 18.0 Å². The Hall–Kier alpha value is -0.840. The van der Waals surface area contributed by atoms with E-state index >= 15 is 0 Å². The van der Waals surface area contributed by atoms with Crippen molar-refractivity contribution in [2.45, 2.75) is 45.6 Å². The average Bonchev–Trinajstić information content (AvgIpc) is 2.52. The van der Waals surface area contributed by atoms with Crippen molar-refractivity contribution >= 4 is 23.2 Å². The number of rotatable bonds is 3. The molecule has 1 saturated heterocycles. The second kappa shape index (κ2) is 6.79. The Labute approximate surface area is 109 Å². The molecule has 0 unspecified atom stereocenters. The van der Waals surface area contributed by atoms with Crippen molar-refractivity contribution in [2.75, 3.05) is 19.6 Å². The van der Waals surface area contributed by atoms with Crippen molar-refractivity contribution < 1.29 is 4.79 Å². The van der Waals surface area contributed by atoms with Gasteiger partial charge in [-0.3, -0.25) is 0 Å². The van der Waals surface area contributed by atoms with Crippen LogP contribution >= 0.6 is 12.2 Å². The molecule has 1 aliphatic heterocycles. The van der Waals surface area contributed by atoms with E-state index in [9.17, 15) is 4.79 Å². The number of hydrogen-bond acceptors (Lipinski definition) is 2. The van der Waals surface area contributed by atoms with Gasteiger partial charge in [-0.25, -0.2) is 4.79 Å². The van der Waals surface area contributed by atoms with Gasteiger partial charge in [0.05, 0.1) is 11.5 Å². The van der Waals surface area contributed by atoms with Crippen LogP contribution in [0.2, 0.25) is 0 Å². The first-order valence-corrected chi connectivity index (χ1v) is 6.77. The molecule has 1 heterocycles. The third-order valence-corrected chi connectivity index (χ3v) is 3.20. The smallest absolute Gasteiger partial charge is 0.320 e. The van der Waals surface area contributed by atoms with E-state index in [0.29, 0.717) is 11.5 Å². The van der Waals surface area contributed by atoms with Crippen LogP contribution < -0.4 is 5.73 Å². The minimum atomic E-state index is 0.0784. The van der Waals surface area contributed by atoms with Gasteiger partial charge in [0.15, 0.2) is 0 Å². The molecule has 0 aromatic rings. The maximum atomic E-state index is 12.4. The van der Waals surface area contributed by atoms with Crippen molar-refractivity contribution in [1.82, 2.24) is 9.80 Å². The zero-order valence-electron chi connectivity index (χ0n) is 10.8. The van der Waals surface area contributed by atoms with Crippen molar-refractivity contribution in [3.8, 4) is 0 Å². The van der Waals surface area contributed by atoms with Gasteiger partial charge < -0.3 is 15.5 Å². The number of likely N-dealkylation sites (tertiary alicyclic amines) is 1. The van der Waals surface area contributed by atoms with E-state index in [1.807, 2.05) is 18.7 Å². The molecule has 0 atom stereocenters. The largest absolute Gasteiger partial charge is 0.392 e. The van der Waals surface area contributed by atoms with Gasteiger partial charge in [0.25, 0.3) is 0 Å². The Bertz CT molecular complexity index is 273. The van der Waals surface area contributed by atoms with E-state index in [1.165, 1.54) is 12.8 Å². The lowest BCUT2D eigenvalue weighted by molar-refractivity contribution is 0.149. The number of nitrogens with zero attached hydrogens (tertiary/aromatic N) is 2. The van der Waals surface area contributed by atoms with E-state index in [2.05, 4.69) is 0 Å². The van der Waals surface area contributed by atoms with Crippen LogP contribution in [0.5, 0.6) is 0 Å². The van der Waals surface area contributed by atoms with Crippen molar-refractivity contribution in [1.29, 1.82) is 0 Å². The highest BCUT2D eigenvalue weighted by Gasteiger charge is 2.24. The lowest BCUT2D eigenvalue weighted by Crippen LogP contribution is -2.49. The summed E-state index contributed by atoms with van der Waals surface area (Å²) < 4.78 is 0. The number of thiocarbonyl (C=S) groups is 1. The molecule has 17 heavy (non-hydrogen) atoms. The highest BCUT2D eigenvalue weighted by Crippen LogP contribution is 2.13. The Morgan fingerprint density at radius 2 is 1.82 bits per heavy atom. The monoisotopic (exact) mass is 257 g/mol. The molecule has 2 N–H and O–H groups in total. The minimum Gasteiger partial charge on any atom is -0.392 e. The van der Waals surface area contributed by atoms with Crippen molar-refractivity contribution in [2.24, 2.45) is 5.73 Å². The molecule has 1 rings (SSSR count). The molecule has 0 aromatic heterocycles. The molecule has 0 aliphatic carbocycles. The lowest BCUT2D eigenvalue weighted by Gasteiger charge is -2.32. The van der Waals surface area contributed by atoms with E-state index in [-0.39, 0.29) is 12.1 Å². The zero-order valence-corrected chi connectivity index (χ0v) is 11.6. The Morgan fingerprint density at radius 1 is 1.29 bits per heavy atom. The molecule has 1 fully saturated rings. The Balaban J connectivity index is 2.65. The number of hydrogen-bond donors (Lipinski definition) is 1. The van der Waals surface area contributed by atoms with Crippen LogP contribution in [0.4, 0.5) is 4.79 Å². The maximum Gasteiger partial charge on any atom is 0.320 e. The predicted octanol–water partition coefficient (Wildman–Crippen LogP) is 1.98. The van der Waals surface area contributed by atoms with Gasteiger partial charge in [-0.05, 0) is 26.7 Å². The van der Waals surface area contributed by atoms with E-state index in [0.717, 1.165) is 25.9 Å². The molecule has 0 spiro atoms. The fraction of sp³-hybridized carbons (Fsp3) is 0.833. The van der Waals surface area contributed by atoms with Gasteiger partial charge in [-0.2, -0.15) is 0 Å². The molecule has 0 radical (unpaired) electrons. The average molecular weight is 257 g/mol. The van der Waals surface area contributed by atoms with Gasteiger partial charge in [-0.15, -0.1) is 0 Å². The summed E-state index contributed by atoms with van der Waals surface area (Å²) in [6.07, 6.45) is 4.65. The second-order valence-electron chi connectivity index (χ2n) is 4.87.